The van der Waals surface area contributed by atoms with Gasteiger partial charge in [0.25, 0.3) is 0 Å². The molecule has 4 nitrogen and oxygen atoms in total. The van der Waals surface area contributed by atoms with Crippen LogP contribution >= 0.6 is 11.3 Å². The van der Waals surface area contributed by atoms with Crippen molar-refractivity contribution in [2.75, 3.05) is 19.1 Å². The zero-order chi connectivity index (χ0) is 15.4. The van der Waals surface area contributed by atoms with E-state index >= 15 is 0 Å². The molecule has 21 heavy (non-hydrogen) atoms. The molecule has 0 saturated carbocycles. The van der Waals surface area contributed by atoms with Gasteiger partial charge in [-0.05, 0) is 24.5 Å². The Labute approximate surface area is 130 Å². The lowest BCUT2D eigenvalue weighted by Crippen LogP contribution is -2.09. The highest BCUT2D eigenvalue weighted by atomic mass is 32.1. The second-order valence-corrected chi connectivity index (χ2v) is 6.09. The van der Waals surface area contributed by atoms with Gasteiger partial charge in [0.1, 0.15) is 5.75 Å². The Bertz CT molecular complexity index is 598. The van der Waals surface area contributed by atoms with Crippen molar-refractivity contribution in [3.63, 3.8) is 0 Å². The lowest BCUT2D eigenvalue weighted by molar-refractivity contribution is 0.283. The fraction of sp³-hybridized carbons (Fsp3) is 0.438. The Morgan fingerprint density at radius 3 is 2.81 bits per heavy atom. The molecule has 1 atom stereocenters. The third-order valence-electron chi connectivity index (χ3n) is 3.67. The van der Waals surface area contributed by atoms with Crippen LogP contribution in [0.25, 0.3) is 0 Å². The summed E-state index contributed by atoms with van der Waals surface area (Å²) in [6.45, 7) is 4.32. The van der Waals surface area contributed by atoms with E-state index in [1.165, 1.54) is 0 Å². The van der Waals surface area contributed by atoms with Crippen molar-refractivity contribution in [3.05, 3.63) is 34.8 Å². The van der Waals surface area contributed by atoms with E-state index in [0.717, 1.165) is 33.6 Å². The Balaban J connectivity index is 2.34. The van der Waals surface area contributed by atoms with Crippen molar-refractivity contribution < 1.29 is 9.84 Å². The zero-order valence-corrected chi connectivity index (χ0v) is 13.8. The average Bonchev–Trinajstić information content (AvgIpc) is 2.97. The Morgan fingerprint density at radius 1 is 1.43 bits per heavy atom. The number of anilines is 2. The summed E-state index contributed by atoms with van der Waals surface area (Å²) < 4.78 is 5.26. The van der Waals surface area contributed by atoms with Gasteiger partial charge >= 0.3 is 0 Å². The summed E-state index contributed by atoms with van der Waals surface area (Å²) >= 11 is 1.54. The van der Waals surface area contributed by atoms with Crippen LogP contribution in [0.5, 0.6) is 5.75 Å². The second-order valence-electron chi connectivity index (χ2n) is 5.03. The molecule has 1 aromatic heterocycles. The molecule has 1 heterocycles. The van der Waals surface area contributed by atoms with Gasteiger partial charge in [0.15, 0.2) is 5.13 Å². The molecular formula is C16H22N2O2S. The van der Waals surface area contributed by atoms with Crippen LogP contribution in [-0.2, 0) is 6.61 Å². The van der Waals surface area contributed by atoms with Gasteiger partial charge in [-0.2, -0.15) is 0 Å². The van der Waals surface area contributed by atoms with Gasteiger partial charge in [0.2, 0.25) is 0 Å². The number of hydrogen-bond acceptors (Lipinski definition) is 5. The number of aliphatic hydroxyl groups is 1. The highest BCUT2D eigenvalue weighted by Crippen LogP contribution is 2.35. The highest BCUT2D eigenvalue weighted by molar-refractivity contribution is 7.15. The maximum Gasteiger partial charge on any atom is 0.190 e. The molecule has 1 aromatic carbocycles. The predicted octanol–water partition coefficient (Wildman–Crippen LogP) is 3.93. The maximum absolute atomic E-state index is 9.54. The minimum Gasteiger partial charge on any atom is -0.497 e. The van der Waals surface area contributed by atoms with Crippen molar-refractivity contribution in [3.8, 4) is 5.75 Å². The first-order valence-electron chi connectivity index (χ1n) is 7.08. The van der Waals surface area contributed by atoms with Gasteiger partial charge in [-0.15, -0.1) is 0 Å². The summed E-state index contributed by atoms with van der Waals surface area (Å²) in [7, 11) is 3.64. The smallest absolute Gasteiger partial charge is 0.190 e. The van der Waals surface area contributed by atoms with E-state index in [1.807, 2.05) is 36.2 Å². The molecule has 0 bridgehead atoms. The van der Waals surface area contributed by atoms with Crippen molar-refractivity contribution in [2.45, 2.75) is 32.8 Å². The van der Waals surface area contributed by atoms with E-state index in [1.54, 1.807) is 18.4 Å². The predicted molar refractivity (Wildman–Crippen MR) is 87.8 cm³/mol. The van der Waals surface area contributed by atoms with Crippen LogP contribution in [0.2, 0.25) is 0 Å². The fourth-order valence-electron chi connectivity index (χ4n) is 2.12. The van der Waals surface area contributed by atoms with Crippen LogP contribution in [0.4, 0.5) is 10.8 Å². The van der Waals surface area contributed by atoms with Crippen LogP contribution in [0.1, 0.15) is 36.8 Å². The Kier molecular flexibility index (Phi) is 5.20. The number of benzene rings is 1. The number of hydrogen-bond donors (Lipinski definition) is 1. The van der Waals surface area contributed by atoms with E-state index in [0.29, 0.717) is 5.92 Å². The normalized spacial score (nSPS) is 12.2. The summed E-state index contributed by atoms with van der Waals surface area (Å²) in [5, 5.41) is 10.4. The van der Waals surface area contributed by atoms with Crippen molar-refractivity contribution in [1.29, 1.82) is 0 Å². The highest BCUT2D eigenvalue weighted by Gasteiger charge is 2.18. The van der Waals surface area contributed by atoms with Crippen LogP contribution in [-0.4, -0.2) is 24.2 Å². The van der Waals surface area contributed by atoms with E-state index in [-0.39, 0.29) is 6.61 Å². The SMILES string of the molecule is CCC(C)c1nc(N(C)c2cccc(OC)c2)sc1CO. The van der Waals surface area contributed by atoms with E-state index < -0.39 is 0 Å². The molecular weight excluding hydrogens is 284 g/mol. The molecule has 2 rings (SSSR count). The number of ether oxygens (including phenoxy) is 1. The summed E-state index contributed by atoms with van der Waals surface area (Å²) in [6, 6.07) is 7.87. The molecule has 0 saturated heterocycles. The third kappa shape index (κ3) is 3.36. The Morgan fingerprint density at radius 2 is 2.19 bits per heavy atom. The molecule has 0 spiro atoms. The van der Waals surface area contributed by atoms with Gasteiger partial charge in [-0.3, -0.25) is 0 Å². The number of aromatic nitrogens is 1. The maximum atomic E-state index is 9.54. The number of nitrogens with zero attached hydrogens (tertiary/aromatic N) is 2. The van der Waals surface area contributed by atoms with Crippen molar-refractivity contribution in [1.82, 2.24) is 4.98 Å². The summed E-state index contributed by atoms with van der Waals surface area (Å²) in [5.41, 5.74) is 2.03. The fourth-order valence-corrected chi connectivity index (χ4v) is 3.14. The lowest BCUT2D eigenvalue weighted by Gasteiger charge is -2.16. The number of aliphatic hydroxyl groups excluding tert-OH is 1. The minimum absolute atomic E-state index is 0.0449. The number of thiazole rings is 1. The molecule has 0 aliphatic carbocycles. The van der Waals surface area contributed by atoms with Crippen molar-refractivity contribution in [2.24, 2.45) is 0 Å². The molecule has 1 N–H and O–H groups in total. The van der Waals surface area contributed by atoms with E-state index in [2.05, 4.69) is 13.8 Å². The first-order chi connectivity index (χ1) is 10.1. The van der Waals surface area contributed by atoms with Crippen LogP contribution < -0.4 is 9.64 Å². The van der Waals surface area contributed by atoms with Crippen LogP contribution in [0.15, 0.2) is 24.3 Å². The molecule has 0 aliphatic heterocycles. The molecule has 0 amide bonds. The molecule has 5 heteroatoms. The minimum atomic E-state index is 0.0449. The van der Waals surface area contributed by atoms with Gasteiger partial charge in [0.05, 0.1) is 24.3 Å². The van der Waals surface area contributed by atoms with E-state index in [4.69, 9.17) is 9.72 Å². The largest absolute Gasteiger partial charge is 0.497 e. The second kappa shape index (κ2) is 6.91. The topological polar surface area (TPSA) is 45.6 Å². The average molecular weight is 306 g/mol. The third-order valence-corrected chi connectivity index (χ3v) is 4.80. The lowest BCUT2D eigenvalue weighted by atomic mass is 10.0. The van der Waals surface area contributed by atoms with Crippen LogP contribution in [0, 0.1) is 0 Å². The Hall–Kier alpha value is -1.59. The first kappa shape index (κ1) is 15.8. The molecule has 114 valence electrons. The monoisotopic (exact) mass is 306 g/mol. The van der Waals surface area contributed by atoms with Gasteiger partial charge in [0, 0.05) is 18.8 Å². The van der Waals surface area contributed by atoms with Gasteiger partial charge < -0.3 is 14.7 Å². The standard InChI is InChI=1S/C16H22N2O2S/c1-5-11(2)15-14(10-19)21-16(17-15)18(3)12-7-6-8-13(9-12)20-4/h6-9,11,19H,5,10H2,1-4H3. The quantitative estimate of drug-likeness (QED) is 0.878. The van der Waals surface area contributed by atoms with Crippen LogP contribution in [0.3, 0.4) is 0 Å². The summed E-state index contributed by atoms with van der Waals surface area (Å²) in [4.78, 5) is 7.71. The van der Waals surface area contributed by atoms with Gasteiger partial charge in [-0.1, -0.05) is 31.3 Å². The summed E-state index contributed by atoms with van der Waals surface area (Å²) in [5.74, 6) is 1.18. The van der Waals surface area contributed by atoms with Crippen molar-refractivity contribution >= 4 is 22.2 Å². The first-order valence-corrected chi connectivity index (χ1v) is 7.90. The van der Waals surface area contributed by atoms with Gasteiger partial charge in [-0.25, -0.2) is 4.98 Å². The summed E-state index contributed by atoms with van der Waals surface area (Å²) in [6.07, 6.45) is 1.01. The number of rotatable bonds is 6. The molecule has 1 unspecified atom stereocenters. The molecule has 0 radical (unpaired) electrons. The molecule has 0 fully saturated rings. The molecule has 0 aliphatic rings. The van der Waals surface area contributed by atoms with E-state index in [9.17, 15) is 5.11 Å². The number of methoxy groups -OCH3 is 1. The zero-order valence-electron chi connectivity index (χ0n) is 13.0. The molecule has 2 aromatic rings.